The van der Waals surface area contributed by atoms with Gasteiger partial charge in [0.2, 0.25) is 0 Å². The molecule has 1 amide bonds. The van der Waals surface area contributed by atoms with Gasteiger partial charge in [0.1, 0.15) is 5.75 Å². The second-order valence-electron chi connectivity index (χ2n) is 6.78. The van der Waals surface area contributed by atoms with E-state index in [-0.39, 0.29) is 16.8 Å². The van der Waals surface area contributed by atoms with Crippen molar-refractivity contribution in [2.75, 3.05) is 13.7 Å². The average Bonchev–Trinajstić information content (AvgIpc) is 2.74. The predicted octanol–water partition coefficient (Wildman–Crippen LogP) is 4.58. The van der Waals surface area contributed by atoms with E-state index in [9.17, 15) is 31.1 Å². The fourth-order valence-corrected chi connectivity index (χ4v) is 2.89. The van der Waals surface area contributed by atoms with E-state index in [0.29, 0.717) is 16.7 Å². The summed E-state index contributed by atoms with van der Waals surface area (Å²) in [6.45, 7) is -1.03. The SMILES string of the molecule is COc1cc(-c2ccc(C(F)(F)F)cc2)nc2cc(C(=O)NCC(O)C(F)(F)F)ccc12. The van der Waals surface area contributed by atoms with Gasteiger partial charge in [-0.05, 0) is 30.3 Å². The normalized spacial score (nSPS) is 13.1. The van der Waals surface area contributed by atoms with Crippen LogP contribution in [0.15, 0.2) is 48.5 Å². The number of rotatable bonds is 5. The van der Waals surface area contributed by atoms with E-state index in [1.165, 1.54) is 43.5 Å². The summed E-state index contributed by atoms with van der Waals surface area (Å²) in [5, 5.41) is 11.5. The summed E-state index contributed by atoms with van der Waals surface area (Å²) in [6, 6.07) is 9.95. The zero-order chi connectivity index (χ0) is 23.7. The van der Waals surface area contributed by atoms with Crippen molar-refractivity contribution in [2.45, 2.75) is 18.5 Å². The molecule has 11 heteroatoms. The van der Waals surface area contributed by atoms with Gasteiger partial charge in [0.25, 0.3) is 5.91 Å². The standard InChI is InChI=1S/C21H16F6N2O3/c1-32-17-9-15(11-2-5-13(6-3-11)20(22,23)24)29-16-8-12(4-7-14(16)17)19(31)28-10-18(30)21(25,26)27/h2-9,18,30H,10H2,1H3,(H,28,31). The molecule has 0 bridgehead atoms. The van der Waals surface area contributed by atoms with Gasteiger partial charge in [0.15, 0.2) is 6.10 Å². The highest BCUT2D eigenvalue weighted by Crippen LogP contribution is 2.33. The smallest absolute Gasteiger partial charge is 0.416 e. The maximum absolute atomic E-state index is 12.8. The molecular formula is C21H16F6N2O3. The fourth-order valence-electron chi connectivity index (χ4n) is 2.89. The van der Waals surface area contributed by atoms with Crippen LogP contribution in [0.25, 0.3) is 22.2 Å². The highest BCUT2D eigenvalue weighted by atomic mass is 19.4. The molecule has 1 aromatic heterocycles. The summed E-state index contributed by atoms with van der Waals surface area (Å²) in [7, 11) is 1.38. The molecule has 32 heavy (non-hydrogen) atoms. The Bertz CT molecular complexity index is 1130. The minimum atomic E-state index is -4.87. The summed E-state index contributed by atoms with van der Waals surface area (Å²) in [4.78, 5) is 16.6. The quantitative estimate of drug-likeness (QED) is 0.549. The molecule has 0 spiro atoms. The molecule has 3 rings (SSSR count). The van der Waals surface area contributed by atoms with Crippen LogP contribution in [0.3, 0.4) is 0 Å². The molecule has 0 radical (unpaired) electrons. The highest BCUT2D eigenvalue weighted by Gasteiger charge is 2.38. The molecule has 170 valence electrons. The number of methoxy groups -OCH3 is 1. The molecule has 0 aliphatic heterocycles. The van der Waals surface area contributed by atoms with Gasteiger partial charge in [-0.25, -0.2) is 4.98 Å². The molecule has 1 atom stereocenters. The molecule has 2 aromatic carbocycles. The number of aliphatic hydroxyl groups excluding tert-OH is 1. The zero-order valence-electron chi connectivity index (χ0n) is 16.4. The van der Waals surface area contributed by atoms with Gasteiger partial charge in [-0.15, -0.1) is 0 Å². The number of carbonyl (C=O) groups excluding carboxylic acids is 1. The van der Waals surface area contributed by atoms with Crippen LogP contribution < -0.4 is 10.1 Å². The molecule has 5 nitrogen and oxygen atoms in total. The van der Waals surface area contributed by atoms with Crippen LogP contribution in [0, 0.1) is 0 Å². The van der Waals surface area contributed by atoms with Crippen molar-refractivity contribution < 1.29 is 41.0 Å². The number of fused-ring (bicyclic) bond motifs is 1. The van der Waals surface area contributed by atoms with Crippen molar-refractivity contribution in [1.29, 1.82) is 0 Å². The van der Waals surface area contributed by atoms with E-state index in [1.54, 1.807) is 0 Å². The minimum Gasteiger partial charge on any atom is -0.496 e. The lowest BCUT2D eigenvalue weighted by atomic mass is 10.0. The number of halogens is 6. The van der Waals surface area contributed by atoms with Crippen LogP contribution >= 0.6 is 0 Å². The lowest BCUT2D eigenvalue weighted by Crippen LogP contribution is -2.40. The van der Waals surface area contributed by atoms with Gasteiger partial charge in [0.05, 0.1) is 30.4 Å². The molecule has 3 aromatic rings. The number of amides is 1. The van der Waals surface area contributed by atoms with Gasteiger partial charge in [-0.1, -0.05) is 12.1 Å². The van der Waals surface area contributed by atoms with Crippen LogP contribution in [0.5, 0.6) is 5.75 Å². The molecule has 1 unspecified atom stereocenters. The van der Waals surface area contributed by atoms with Gasteiger partial charge in [-0.2, -0.15) is 26.3 Å². The largest absolute Gasteiger partial charge is 0.496 e. The summed E-state index contributed by atoms with van der Waals surface area (Å²) in [6.07, 6.45) is -12.1. The molecular weight excluding hydrogens is 442 g/mol. The van der Waals surface area contributed by atoms with E-state index < -0.39 is 36.5 Å². The van der Waals surface area contributed by atoms with Crippen LogP contribution in [-0.2, 0) is 6.18 Å². The second kappa shape index (κ2) is 8.65. The third kappa shape index (κ3) is 5.10. The van der Waals surface area contributed by atoms with Gasteiger partial charge < -0.3 is 15.2 Å². The number of hydrogen-bond acceptors (Lipinski definition) is 4. The number of nitrogens with zero attached hydrogens (tertiary/aromatic N) is 1. The Morgan fingerprint density at radius 2 is 1.72 bits per heavy atom. The molecule has 0 aliphatic carbocycles. The van der Waals surface area contributed by atoms with Crippen molar-refractivity contribution in [1.82, 2.24) is 10.3 Å². The lowest BCUT2D eigenvalue weighted by molar-refractivity contribution is -0.201. The van der Waals surface area contributed by atoms with Crippen molar-refractivity contribution in [3.63, 3.8) is 0 Å². The van der Waals surface area contributed by atoms with E-state index in [4.69, 9.17) is 9.84 Å². The maximum atomic E-state index is 12.8. The minimum absolute atomic E-state index is 0.0222. The molecule has 0 saturated carbocycles. The Morgan fingerprint density at radius 1 is 1.06 bits per heavy atom. The van der Waals surface area contributed by atoms with Crippen LogP contribution in [-0.4, -0.2) is 41.9 Å². The summed E-state index contributed by atoms with van der Waals surface area (Å²) in [5.74, 6) is -0.528. The first-order valence-corrected chi connectivity index (χ1v) is 9.09. The molecule has 1 heterocycles. The summed E-state index contributed by atoms with van der Waals surface area (Å²) < 4.78 is 80.9. The van der Waals surface area contributed by atoms with Crippen LogP contribution in [0.1, 0.15) is 15.9 Å². The Morgan fingerprint density at radius 3 is 2.28 bits per heavy atom. The van der Waals surface area contributed by atoms with E-state index in [2.05, 4.69) is 4.98 Å². The van der Waals surface area contributed by atoms with Gasteiger partial charge in [-0.3, -0.25) is 4.79 Å². The number of alkyl halides is 6. The number of hydrogen-bond donors (Lipinski definition) is 2. The zero-order valence-corrected chi connectivity index (χ0v) is 16.4. The number of aliphatic hydroxyl groups is 1. The van der Waals surface area contributed by atoms with Gasteiger partial charge in [0, 0.05) is 22.6 Å². The Labute approximate surface area is 177 Å². The first-order valence-electron chi connectivity index (χ1n) is 9.09. The molecule has 0 aliphatic rings. The number of nitrogens with one attached hydrogen (secondary N) is 1. The molecule has 0 saturated heterocycles. The average molecular weight is 458 g/mol. The number of carbonyl (C=O) groups is 1. The highest BCUT2D eigenvalue weighted by molar-refractivity contribution is 5.99. The van der Waals surface area contributed by atoms with E-state index >= 15 is 0 Å². The van der Waals surface area contributed by atoms with E-state index in [1.807, 2.05) is 5.32 Å². The Kier molecular flexibility index (Phi) is 6.31. The molecule has 0 fully saturated rings. The van der Waals surface area contributed by atoms with Crippen molar-refractivity contribution in [2.24, 2.45) is 0 Å². The Balaban J connectivity index is 1.93. The van der Waals surface area contributed by atoms with Crippen molar-refractivity contribution in [3.05, 3.63) is 59.7 Å². The van der Waals surface area contributed by atoms with E-state index in [0.717, 1.165) is 12.1 Å². The number of ether oxygens (including phenoxy) is 1. The predicted molar refractivity (Wildman–Crippen MR) is 103 cm³/mol. The fraction of sp³-hybridized carbons (Fsp3) is 0.238. The summed E-state index contributed by atoms with van der Waals surface area (Å²) >= 11 is 0. The van der Waals surface area contributed by atoms with Crippen LogP contribution in [0.4, 0.5) is 26.3 Å². The molecule has 2 N–H and O–H groups in total. The maximum Gasteiger partial charge on any atom is 0.416 e. The number of benzene rings is 2. The van der Waals surface area contributed by atoms with Crippen molar-refractivity contribution in [3.8, 4) is 17.0 Å². The van der Waals surface area contributed by atoms with Crippen molar-refractivity contribution >= 4 is 16.8 Å². The van der Waals surface area contributed by atoms with Crippen LogP contribution in [0.2, 0.25) is 0 Å². The lowest BCUT2D eigenvalue weighted by Gasteiger charge is -2.15. The first-order chi connectivity index (χ1) is 14.9. The second-order valence-corrected chi connectivity index (χ2v) is 6.78. The Hall–Kier alpha value is -3.34. The van der Waals surface area contributed by atoms with Gasteiger partial charge >= 0.3 is 12.4 Å². The summed E-state index contributed by atoms with van der Waals surface area (Å²) in [5.41, 5.74) is 0.0257. The topological polar surface area (TPSA) is 71.5 Å². The third-order valence-corrected chi connectivity index (χ3v) is 4.60. The first kappa shape index (κ1) is 23.3. The number of pyridine rings is 1. The third-order valence-electron chi connectivity index (χ3n) is 4.60. The number of aromatic nitrogens is 1. The monoisotopic (exact) mass is 458 g/mol.